The summed E-state index contributed by atoms with van der Waals surface area (Å²) < 4.78 is 0. The van der Waals surface area contributed by atoms with E-state index >= 15 is 0 Å². The lowest BCUT2D eigenvalue weighted by Crippen LogP contribution is -2.33. The Bertz CT molecular complexity index is 195. The molecule has 2 unspecified atom stereocenters. The van der Waals surface area contributed by atoms with E-state index < -0.39 is 0 Å². The van der Waals surface area contributed by atoms with Crippen molar-refractivity contribution in [2.24, 2.45) is 5.92 Å². The molecule has 82 valence electrons. The molecule has 0 bridgehead atoms. The van der Waals surface area contributed by atoms with Crippen LogP contribution >= 0.6 is 0 Å². The van der Waals surface area contributed by atoms with Crippen molar-refractivity contribution < 1.29 is 9.90 Å². The largest absolute Gasteiger partial charge is 0.393 e. The van der Waals surface area contributed by atoms with Crippen LogP contribution in [0.5, 0.6) is 0 Å². The summed E-state index contributed by atoms with van der Waals surface area (Å²) in [5.41, 5.74) is 0. The zero-order valence-electron chi connectivity index (χ0n) is 8.99. The molecule has 0 saturated carbocycles. The molecule has 1 aliphatic rings. The van der Waals surface area contributed by atoms with Crippen molar-refractivity contribution in [3.63, 3.8) is 0 Å². The second kappa shape index (κ2) is 5.32. The Morgan fingerprint density at radius 1 is 1.71 bits per heavy atom. The van der Waals surface area contributed by atoms with Gasteiger partial charge in [-0.25, -0.2) is 0 Å². The van der Waals surface area contributed by atoms with Crippen LogP contribution in [0.4, 0.5) is 0 Å². The van der Waals surface area contributed by atoms with Gasteiger partial charge in [-0.1, -0.05) is 0 Å². The molecular formula is C10H20N2O2. The molecule has 2 atom stereocenters. The number of amides is 1. The molecule has 4 nitrogen and oxygen atoms in total. The topological polar surface area (TPSA) is 52.6 Å². The van der Waals surface area contributed by atoms with Gasteiger partial charge in [-0.3, -0.25) is 4.79 Å². The average molecular weight is 200 g/mol. The fourth-order valence-electron chi connectivity index (χ4n) is 1.85. The molecule has 2 N–H and O–H groups in total. The van der Waals surface area contributed by atoms with Crippen molar-refractivity contribution in [2.45, 2.75) is 26.4 Å². The highest BCUT2D eigenvalue weighted by Crippen LogP contribution is 2.18. The van der Waals surface area contributed by atoms with Crippen LogP contribution in [-0.4, -0.2) is 48.2 Å². The summed E-state index contributed by atoms with van der Waals surface area (Å²) >= 11 is 0. The molecule has 4 heteroatoms. The Balaban J connectivity index is 2.13. The van der Waals surface area contributed by atoms with Gasteiger partial charge in [-0.2, -0.15) is 0 Å². The maximum absolute atomic E-state index is 10.6. The number of carbonyl (C=O) groups excluding carboxylic acids is 1. The molecule has 1 amide bonds. The van der Waals surface area contributed by atoms with E-state index in [1.807, 2.05) is 6.92 Å². The molecule has 0 radical (unpaired) electrons. The molecule has 0 spiro atoms. The second-order valence-corrected chi connectivity index (χ2v) is 4.07. The van der Waals surface area contributed by atoms with E-state index in [0.29, 0.717) is 12.5 Å². The molecule has 0 aromatic carbocycles. The van der Waals surface area contributed by atoms with E-state index in [0.717, 1.165) is 26.1 Å². The summed E-state index contributed by atoms with van der Waals surface area (Å²) in [7, 11) is 0. The summed E-state index contributed by atoms with van der Waals surface area (Å²) in [6.45, 7) is 6.97. The smallest absolute Gasteiger partial charge is 0.216 e. The quantitative estimate of drug-likeness (QED) is 0.662. The van der Waals surface area contributed by atoms with E-state index in [1.165, 1.54) is 6.92 Å². The van der Waals surface area contributed by atoms with Gasteiger partial charge >= 0.3 is 0 Å². The highest BCUT2D eigenvalue weighted by molar-refractivity contribution is 5.72. The molecule has 1 aliphatic heterocycles. The zero-order chi connectivity index (χ0) is 10.6. The van der Waals surface area contributed by atoms with Crippen LogP contribution in [0.1, 0.15) is 20.3 Å². The van der Waals surface area contributed by atoms with Crippen LogP contribution in [0.3, 0.4) is 0 Å². The van der Waals surface area contributed by atoms with Gasteiger partial charge in [0.15, 0.2) is 0 Å². The van der Waals surface area contributed by atoms with Gasteiger partial charge in [0.05, 0.1) is 6.10 Å². The summed E-state index contributed by atoms with van der Waals surface area (Å²) in [5.74, 6) is 0.434. The van der Waals surface area contributed by atoms with Gasteiger partial charge in [-0.15, -0.1) is 0 Å². The molecule has 1 fully saturated rings. The Labute approximate surface area is 85.3 Å². The van der Waals surface area contributed by atoms with Crippen LogP contribution in [0.15, 0.2) is 0 Å². The number of carbonyl (C=O) groups is 1. The van der Waals surface area contributed by atoms with Crippen LogP contribution in [0.25, 0.3) is 0 Å². The molecule has 0 aromatic heterocycles. The number of hydrogen-bond acceptors (Lipinski definition) is 3. The van der Waals surface area contributed by atoms with E-state index in [1.54, 1.807) is 0 Å². The molecule has 1 rings (SSSR count). The molecule has 1 heterocycles. The first kappa shape index (κ1) is 11.5. The van der Waals surface area contributed by atoms with Crippen LogP contribution in [-0.2, 0) is 4.79 Å². The van der Waals surface area contributed by atoms with Gasteiger partial charge in [0.2, 0.25) is 5.91 Å². The maximum Gasteiger partial charge on any atom is 0.216 e. The van der Waals surface area contributed by atoms with Crippen LogP contribution in [0, 0.1) is 5.92 Å². The average Bonchev–Trinajstić information content (AvgIpc) is 2.52. The van der Waals surface area contributed by atoms with E-state index in [9.17, 15) is 9.90 Å². The molecule has 0 aromatic rings. The maximum atomic E-state index is 10.6. The van der Waals surface area contributed by atoms with Crippen molar-refractivity contribution in [1.29, 1.82) is 0 Å². The van der Waals surface area contributed by atoms with Gasteiger partial charge in [-0.05, 0) is 25.8 Å². The van der Waals surface area contributed by atoms with Gasteiger partial charge in [0, 0.05) is 26.6 Å². The van der Waals surface area contributed by atoms with Crippen molar-refractivity contribution in [2.75, 3.05) is 26.2 Å². The number of likely N-dealkylation sites (tertiary alicyclic amines) is 1. The Kier molecular flexibility index (Phi) is 4.35. The monoisotopic (exact) mass is 200 g/mol. The first-order valence-electron chi connectivity index (χ1n) is 5.24. The number of rotatable bonds is 4. The first-order chi connectivity index (χ1) is 6.59. The SMILES string of the molecule is CC(=O)NCCN1CCC(C(C)O)C1. The second-order valence-electron chi connectivity index (χ2n) is 4.07. The normalized spacial score (nSPS) is 24.9. The van der Waals surface area contributed by atoms with E-state index in [2.05, 4.69) is 10.2 Å². The van der Waals surface area contributed by atoms with Gasteiger partial charge in [0.1, 0.15) is 0 Å². The lowest BCUT2D eigenvalue weighted by molar-refractivity contribution is -0.119. The molecule has 1 saturated heterocycles. The summed E-state index contributed by atoms with van der Waals surface area (Å²) in [6.07, 6.45) is 0.860. The highest BCUT2D eigenvalue weighted by Gasteiger charge is 2.25. The van der Waals surface area contributed by atoms with Crippen molar-refractivity contribution >= 4 is 5.91 Å². The zero-order valence-corrected chi connectivity index (χ0v) is 8.99. The Morgan fingerprint density at radius 3 is 2.93 bits per heavy atom. The Hall–Kier alpha value is -0.610. The van der Waals surface area contributed by atoms with Crippen LogP contribution < -0.4 is 5.32 Å². The predicted octanol–water partition coefficient (Wildman–Crippen LogP) is -0.175. The number of nitrogens with zero attached hydrogens (tertiary/aromatic N) is 1. The predicted molar refractivity (Wildman–Crippen MR) is 54.9 cm³/mol. The fourth-order valence-corrected chi connectivity index (χ4v) is 1.85. The standard InChI is InChI=1S/C10H20N2O2/c1-8(13)10-3-5-12(7-10)6-4-11-9(2)14/h8,10,13H,3-7H2,1-2H3,(H,11,14). The minimum absolute atomic E-state index is 0.0243. The number of aliphatic hydroxyl groups excluding tert-OH is 1. The highest BCUT2D eigenvalue weighted by atomic mass is 16.3. The number of aliphatic hydroxyl groups is 1. The van der Waals surface area contributed by atoms with E-state index in [4.69, 9.17) is 0 Å². The van der Waals surface area contributed by atoms with Crippen molar-refractivity contribution in [1.82, 2.24) is 10.2 Å². The Morgan fingerprint density at radius 2 is 2.43 bits per heavy atom. The lowest BCUT2D eigenvalue weighted by atomic mass is 10.0. The number of hydrogen-bond donors (Lipinski definition) is 2. The van der Waals surface area contributed by atoms with Crippen LogP contribution in [0.2, 0.25) is 0 Å². The summed E-state index contributed by atoms with van der Waals surface area (Å²) in [6, 6.07) is 0. The van der Waals surface area contributed by atoms with E-state index in [-0.39, 0.29) is 12.0 Å². The summed E-state index contributed by atoms with van der Waals surface area (Å²) in [4.78, 5) is 12.9. The van der Waals surface area contributed by atoms with Crippen molar-refractivity contribution in [3.8, 4) is 0 Å². The number of nitrogens with one attached hydrogen (secondary N) is 1. The first-order valence-corrected chi connectivity index (χ1v) is 5.24. The molecular weight excluding hydrogens is 180 g/mol. The molecule has 0 aliphatic carbocycles. The van der Waals surface area contributed by atoms with Gasteiger partial charge in [0.25, 0.3) is 0 Å². The summed E-state index contributed by atoms with van der Waals surface area (Å²) in [5, 5.41) is 12.2. The fraction of sp³-hybridized carbons (Fsp3) is 0.900. The lowest BCUT2D eigenvalue weighted by Gasteiger charge is -2.17. The van der Waals surface area contributed by atoms with Gasteiger partial charge < -0.3 is 15.3 Å². The third-order valence-corrected chi connectivity index (χ3v) is 2.79. The van der Waals surface area contributed by atoms with Crippen molar-refractivity contribution in [3.05, 3.63) is 0 Å². The third-order valence-electron chi connectivity index (χ3n) is 2.79. The third kappa shape index (κ3) is 3.64. The molecule has 14 heavy (non-hydrogen) atoms. The minimum Gasteiger partial charge on any atom is -0.393 e. The minimum atomic E-state index is -0.208.